The van der Waals surface area contributed by atoms with E-state index in [0.717, 1.165) is 22.3 Å². The zero-order chi connectivity index (χ0) is 19.9. The van der Waals surface area contributed by atoms with E-state index in [0.29, 0.717) is 31.2 Å². The Bertz CT molecular complexity index is 1150. The molecule has 0 atom stereocenters. The van der Waals surface area contributed by atoms with Crippen molar-refractivity contribution >= 4 is 49.9 Å². The Kier molecular flexibility index (Phi) is 5.18. The monoisotopic (exact) mass is 436 g/mol. The number of halogens is 2. The largest absolute Gasteiger partial charge is 0.353 e. The molecule has 0 radical (unpaired) electrons. The number of anilines is 1. The SMILES string of the molecule is Cc1ccc2ncnc(N3CCN(S(=O)(=O)c4cc(Cl)ccc4Cl)CC3)c2c1. The predicted molar refractivity (Wildman–Crippen MR) is 112 cm³/mol. The molecule has 6 nitrogen and oxygen atoms in total. The molecule has 1 aliphatic rings. The zero-order valence-electron chi connectivity index (χ0n) is 15.1. The quantitative estimate of drug-likeness (QED) is 0.625. The smallest absolute Gasteiger partial charge is 0.244 e. The van der Waals surface area contributed by atoms with Crippen LogP contribution in [0.4, 0.5) is 5.82 Å². The number of aryl methyl sites for hydroxylation is 1. The van der Waals surface area contributed by atoms with Crippen LogP contribution in [0.3, 0.4) is 0 Å². The molecule has 0 saturated carbocycles. The van der Waals surface area contributed by atoms with Crippen molar-refractivity contribution in [2.24, 2.45) is 0 Å². The van der Waals surface area contributed by atoms with E-state index in [2.05, 4.69) is 20.9 Å². The third kappa shape index (κ3) is 3.55. The molecule has 1 aromatic heterocycles. The molecule has 1 fully saturated rings. The molecule has 0 aliphatic carbocycles. The molecule has 2 heterocycles. The summed E-state index contributed by atoms with van der Waals surface area (Å²) in [5.74, 6) is 0.825. The summed E-state index contributed by atoms with van der Waals surface area (Å²) in [4.78, 5) is 10.9. The first-order valence-corrected chi connectivity index (χ1v) is 11.0. The van der Waals surface area contributed by atoms with Gasteiger partial charge in [0, 0.05) is 36.6 Å². The molecule has 146 valence electrons. The van der Waals surface area contributed by atoms with Gasteiger partial charge in [0.05, 0.1) is 10.5 Å². The molecule has 28 heavy (non-hydrogen) atoms. The van der Waals surface area contributed by atoms with E-state index in [4.69, 9.17) is 23.2 Å². The highest BCUT2D eigenvalue weighted by molar-refractivity contribution is 7.89. The summed E-state index contributed by atoms with van der Waals surface area (Å²) in [5, 5.41) is 1.48. The summed E-state index contributed by atoms with van der Waals surface area (Å²) in [6, 6.07) is 10.5. The number of nitrogens with zero attached hydrogens (tertiary/aromatic N) is 4. The van der Waals surface area contributed by atoms with E-state index < -0.39 is 10.0 Å². The number of piperazine rings is 1. The molecule has 1 aliphatic heterocycles. The van der Waals surface area contributed by atoms with Gasteiger partial charge >= 0.3 is 0 Å². The average molecular weight is 437 g/mol. The second kappa shape index (κ2) is 7.48. The van der Waals surface area contributed by atoms with Crippen LogP contribution in [0.2, 0.25) is 10.0 Å². The van der Waals surface area contributed by atoms with Crippen LogP contribution >= 0.6 is 23.2 Å². The third-order valence-corrected chi connectivity index (χ3v) is 7.43. The summed E-state index contributed by atoms with van der Waals surface area (Å²) in [6.07, 6.45) is 1.54. The number of hydrogen-bond donors (Lipinski definition) is 0. The Balaban J connectivity index is 1.59. The maximum Gasteiger partial charge on any atom is 0.244 e. The molecule has 1 saturated heterocycles. The fourth-order valence-corrected chi connectivity index (χ4v) is 5.52. The van der Waals surface area contributed by atoms with Crippen molar-refractivity contribution in [2.45, 2.75) is 11.8 Å². The van der Waals surface area contributed by atoms with Gasteiger partial charge in [0.1, 0.15) is 17.0 Å². The van der Waals surface area contributed by atoms with Crippen molar-refractivity contribution in [3.8, 4) is 0 Å². The molecular formula is C19H18Cl2N4O2S. The predicted octanol–water partition coefficient (Wildman–Crippen LogP) is 3.76. The minimum absolute atomic E-state index is 0.0400. The fourth-order valence-electron chi connectivity index (χ4n) is 3.36. The first kappa shape index (κ1) is 19.4. The Morgan fingerprint density at radius 2 is 1.71 bits per heavy atom. The average Bonchev–Trinajstić information content (AvgIpc) is 2.69. The minimum Gasteiger partial charge on any atom is -0.353 e. The molecule has 2 aromatic carbocycles. The molecule has 9 heteroatoms. The first-order valence-electron chi connectivity index (χ1n) is 8.78. The lowest BCUT2D eigenvalue weighted by Crippen LogP contribution is -2.49. The second-order valence-electron chi connectivity index (χ2n) is 6.68. The van der Waals surface area contributed by atoms with Crippen LogP contribution in [0.5, 0.6) is 0 Å². The molecule has 0 spiro atoms. The number of rotatable bonds is 3. The molecule has 0 N–H and O–H groups in total. The van der Waals surface area contributed by atoms with Crippen molar-refractivity contribution in [3.05, 3.63) is 58.3 Å². The van der Waals surface area contributed by atoms with E-state index in [1.807, 2.05) is 19.1 Å². The lowest BCUT2D eigenvalue weighted by molar-refractivity contribution is 0.384. The third-order valence-electron chi connectivity index (χ3n) is 4.82. The summed E-state index contributed by atoms with van der Waals surface area (Å²) < 4.78 is 27.4. The normalized spacial score (nSPS) is 15.9. The van der Waals surface area contributed by atoms with Gasteiger partial charge in [0.25, 0.3) is 0 Å². The summed E-state index contributed by atoms with van der Waals surface area (Å²) in [5.41, 5.74) is 2.00. The number of aromatic nitrogens is 2. The number of hydrogen-bond acceptors (Lipinski definition) is 5. The zero-order valence-corrected chi connectivity index (χ0v) is 17.5. The highest BCUT2D eigenvalue weighted by Crippen LogP contribution is 2.30. The van der Waals surface area contributed by atoms with Crippen molar-refractivity contribution in [1.82, 2.24) is 14.3 Å². The van der Waals surface area contributed by atoms with Crippen molar-refractivity contribution in [3.63, 3.8) is 0 Å². The Hall–Kier alpha value is -1.93. The van der Waals surface area contributed by atoms with E-state index in [1.54, 1.807) is 12.4 Å². The van der Waals surface area contributed by atoms with E-state index >= 15 is 0 Å². The Labute approximate surface area is 173 Å². The fraction of sp³-hybridized carbons (Fsp3) is 0.263. The van der Waals surface area contributed by atoms with Gasteiger partial charge in [0.15, 0.2) is 0 Å². The summed E-state index contributed by atoms with van der Waals surface area (Å²) in [6.45, 7) is 3.75. The van der Waals surface area contributed by atoms with E-state index in [1.165, 1.54) is 16.4 Å². The molecule has 0 amide bonds. The lowest BCUT2D eigenvalue weighted by Gasteiger charge is -2.35. The van der Waals surface area contributed by atoms with Crippen molar-refractivity contribution in [2.75, 3.05) is 31.1 Å². The van der Waals surface area contributed by atoms with Crippen LogP contribution in [0, 0.1) is 6.92 Å². The molecule has 3 aromatic rings. The Morgan fingerprint density at radius 1 is 0.964 bits per heavy atom. The van der Waals surface area contributed by atoms with Crippen LogP contribution < -0.4 is 4.90 Å². The highest BCUT2D eigenvalue weighted by Gasteiger charge is 2.31. The van der Waals surface area contributed by atoms with E-state index in [-0.39, 0.29) is 9.92 Å². The summed E-state index contributed by atoms with van der Waals surface area (Å²) in [7, 11) is -3.71. The lowest BCUT2D eigenvalue weighted by atomic mass is 10.1. The molecule has 0 unspecified atom stereocenters. The highest BCUT2D eigenvalue weighted by atomic mass is 35.5. The maximum atomic E-state index is 13.0. The van der Waals surface area contributed by atoms with Gasteiger partial charge in [-0.05, 0) is 37.3 Å². The van der Waals surface area contributed by atoms with Gasteiger partial charge < -0.3 is 4.90 Å². The van der Waals surface area contributed by atoms with Crippen molar-refractivity contribution < 1.29 is 8.42 Å². The minimum atomic E-state index is -3.71. The second-order valence-corrected chi connectivity index (χ2v) is 9.43. The molecule has 0 bridgehead atoms. The van der Waals surface area contributed by atoms with Gasteiger partial charge in [0.2, 0.25) is 10.0 Å². The first-order chi connectivity index (χ1) is 13.4. The Morgan fingerprint density at radius 3 is 2.46 bits per heavy atom. The van der Waals surface area contributed by atoms with Gasteiger partial charge in [-0.15, -0.1) is 0 Å². The van der Waals surface area contributed by atoms with E-state index in [9.17, 15) is 8.42 Å². The van der Waals surface area contributed by atoms with Crippen LogP contribution in [0.25, 0.3) is 10.9 Å². The van der Waals surface area contributed by atoms with Gasteiger partial charge in [-0.2, -0.15) is 4.31 Å². The molecular weight excluding hydrogens is 419 g/mol. The van der Waals surface area contributed by atoms with Gasteiger partial charge in [-0.1, -0.05) is 34.8 Å². The van der Waals surface area contributed by atoms with Crippen LogP contribution in [0.1, 0.15) is 5.56 Å². The van der Waals surface area contributed by atoms with Crippen LogP contribution in [-0.2, 0) is 10.0 Å². The van der Waals surface area contributed by atoms with Crippen molar-refractivity contribution in [1.29, 1.82) is 0 Å². The topological polar surface area (TPSA) is 66.4 Å². The number of sulfonamides is 1. The standard InChI is InChI=1S/C19H18Cl2N4O2S/c1-13-2-5-17-15(10-13)19(23-12-22-17)24-6-8-25(9-7-24)28(26,27)18-11-14(20)3-4-16(18)21/h2-5,10-12H,6-9H2,1H3. The van der Waals surface area contributed by atoms with Gasteiger partial charge in [-0.25, -0.2) is 18.4 Å². The number of fused-ring (bicyclic) bond motifs is 1. The summed E-state index contributed by atoms with van der Waals surface area (Å²) >= 11 is 12.1. The van der Waals surface area contributed by atoms with Crippen LogP contribution in [0.15, 0.2) is 47.6 Å². The number of benzene rings is 2. The maximum absolute atomic E-state index is 13.0. The molecule has 4 rings (SSSR count). The van der Waals surface area contributed by atoms with Crippen LogP contribution in [-0.4, -0.2) is 48.9 Å². The van der Waals surface area contributed by atoms with Gasteiger partial charge in [-0.3, -0.25) is 0 Å².